The van der Waals surface area contributed by atoms with E-state index in [0.29, 0.717) is 11.1 Å². The van der Waals surface area contributed by atoms with Crippen molar-refractivity contribution in [3.63, 3.8) is 0 Å². The summed E-state index contributed by atoms with van der Waals surface area (Å²) in [5, 5.41) is 13.9. The summed E-state index contributed by atoms with van der Waals surface area (Å²) in [5.74, 6) is -0.137. The van der Waals surface area contributed by atoms with E-state index in [4.69, 9.17) is 0 Å². The normalized spacial score (nSPS) is 21.4. The van der Waals surface area contributed by atoms with E-state index in [2.05, 4.69) is 12.2 Å². The lowest BCUT2D eigenvalue weighted by molar-refractivity contribution is -0.905. The molecule has 0 atom stereocenters. The van der Waals surface area contributed by atoms with Crippen LogP contribution in [0.4, 0.5) is 5.69 Å². The second-order valence-electron chi connectivity index (χ2n) is 6.01. The number of piperidine rings is 1. The van der Waals surface area contributed by atoms with Crippen LogP contribution in [0, 0.1) is 17.0 Å². The fourth-order valence-electron chi connectivity index (χ4n) is 3.04. The minimum Gasteiger partial charge on any atom is -0.349 e. The van der Waals surface area contributed by atoms with Crippen LogP contribution in [0.1, 0.15) is 42.1 Å². The maximum atomic E-state index is 12.3. The molecule has 1 aliphatic heterocycles. The lowest BCUT2D eigenvalue weighted by atomic mass is 10.0. The first-order chi connectivity index (χ1) is 10.5. The summed E-state index contributed by atoms with van der Waals surface area (Å²) < 4.78 is 0. The molecule has 120 valence electrons. The number of nitrogens with zero attached hydrogens (tertiary/aromatic N) is 1. The molecule has 1 aromatic carbocycles. The standard InChI is InChI=1S/C16H23N3O3/c1-3-8-18-9-6-14(7-10-18)17-16(20)13-4-5-15(19(21)22)12(2)11-13/h4-5,11,14H,3,6-10H2,1-2H3,(H,17,20)/p+1. The molecule has 0 saturated carbocycles. The topological polar surface area (TPSA) is 76.7 Å². The van der Waals surface area contributed by atoms with Gasteiger partial charge in [0.1, 0.15) is 0 Å². The summed E-state index contributed by atoms with van der Waals surface area (Å²) in [4.78, 5) is 24.3. The maximum Gasteiger partial charge on any atom is 0.272 e. The highest BCUT2D eigenvalue weighted by atomic mass is 16.6. The first-order valence-corrected chi connectivity index (χ1v) is 7.90. The number of nitro benzene ring substituents is 1. The average molecular weight is 306 g/mol. The summed E-state index contributed by atoms with van der Waals surface area (Å²) in [6.07, 6.45) is 3.18. The fourth-order valence-corrected chi connectivity index (χ4v) is 3.04. The molecule has 0 spiro atoms. The van der Waals surface area contributed by atoms with Gasteiger partial charge < -0.3 is 10.2 Å². The number of nitro groups is 1. The second-order valence-corrected chi connectivity index (χ2v) is 6.01. The molecule has 22 heavy (non-hydrogen) atoms. The van der Waals surface area contributed by atoms with Crippen molar-refractivity contribution >= 4 is 11.6 Å². The van der Waals surface area contributed by atoms with Gasteiger partial charge >= 0.3 is 0 Å². The summed E-state index contributed by atoms with van der Waals surface area (Å²) >= 11 is 0. The third-order valence-electron chi connectivity index (χ3n) is 4.29. The quantitative estimate of drug-likeness (QED) is 0.631. The smallest absolute Gasteiger partial charge is 0.272 e. The van der Waals surface area contributed by atoms with Crippen LogP contribution in [-0.2, 0) is 0 Å². The number of amides is 1. The summed E-state index contributed by atoms with van der Waals surface area (Å²) in [7, 11) is 0. The number of carbonyl (C=O) groups is 1. The molecule has 0 aliphatic carbocycles. The van der Waals surface area contributed by atoms with Gasteiger partial charge in [-0.2, -0.15) is 0 Å². The summed E-state index contributed by atoms with van der Waals surface area (Å²) in [6, 6.07) is 4.73. The second kappa shape index (κ2) is 7.35. The van der Waals surface area contributed by atoms with E-state index >= 15 is 0 Å². The first kappa shape index (κ1) is 16.4. The molecule has 1 aliphatic rings. The molecule has 6 heteroatoms. The lowest BCUT2D eigenvalue weighted by Gasteiger charge is -2.29. The highest BCUT2D eigenvalue weighted by molar-refractivity contribution is 5.94. The molecule has 0 aromatic heterocycles. The van der Waals surface area contributed by atoms with Crippen LogP contribution in [0.2, 0.25) is 0 Å². The van der Waals surface area contributed by atoms with Crippen molar-refractivity contribution < 1.29 is 14.6 Å². The van der Waals surface area contributed by atoms with Crippen LogP contribution in [-0.4, -0.2) is 36.5 Å². The van der Waals surface area contributed by atoms with Gasteiger partial charge in [-0.25, -0.2) is 0 Å². The SMILES string of the molecule is CCC[NH+]1CCC(NC(=O)c2ccc([N+](=O)[O-])c(C)c2)CC1. The van der Waals surface area contributed by atoms with E-state index in [-0.39, 0.29) is 17.6 Å². The van der Waals surface area contributed by atoms with Gasteiger partial charge in [-0.3, -0.25) is 14.9 Å². The monoisotopic (exact) mass is 306 g/mol. The zero-order valence-corrected chi connectivity index (χ0v) is 13.2. The molecule has 2 N–H and O–H groups in total. The number of hydrogen-bond acceptors (Lipinski definition) is 3. The number of carbonyl (C=O) groups excluding carboxylic acids is 1. The van der Waals surface area contributed by atoms with E-state index in [0.717, 1.165) is 25.9 Å². The number of likely N-dealkylation sites (tertiary alicyclic amines) is 1. The Morgan fingerprint density at radius 1 is 1.41 bits per heavy atom. The zero-order chi connectivity index (χ0) is 16.1. The van der Waals surface area contributed by atoms with Crippen molar-refractivity contribution in [1.82, 2.24) is 5.32 Å². The van der Waals surface area contributed by atoms with Crippen LogP contribution in [0.3, 0.4) is 0 Å². The van der Waals surface area contributed by atoms with Gasteiger partial charge in [0.15, 0.2) is 0 Å². The molecule has 0 bridgehead atoms. The van der Waals surface area contributed by atoms with Gasteiger partial charge in [0.05, 0.1) is 24.6 Å². The Labute approximate surface area is 130 Å². The predicted octanol–water partition coefficient (Wildman–Crippen LogP) is 1.09. The molecule has 1 aromatic rings. The highest BCUT2D eigenvalue weighted by Crippen LogP contribution is 2.19. The maximum absolute atomic E-state index is 12.3. The zero-order valence-electron chi connectivity index (χ0n) is 13.2. The predicted molar refractivity (Wildman–Crippen MR) is 84.2 cm³/mol. The molecule has 1 heterocycles. The fraction of sp³-hybridized carbons (Fsp3) is 0.562. The summed E-state index contributed by atoms with van der Waals surface area (Å²) in [6.45, 7) is 7.23. The molecule has 1 saturated heterocycles. The highest BCUT2D eigenvalue weighted by Gasteiger charge is 2.23. The van der Waals surface area contributed by atoms with Gasteiger partial charge in [-0.1, -0.05) is 6.92 Å². The van der Waals surface area contributed by atoms with Crippen molar-refractivity contribution in [1.29, 1.82) is 0 Å². The van der Waals surface area contributed by atoms with Crippen molar-refractivity contribution in [2.75, 3.05) is 19.6 Å². The van der Waals surface area contributed by atoms with Crippen LogP contribution in [0.5, 0.6) is 0 Å². The van der Waals surface area contributed by atoms with Gasteiger partial charge in [0.25, 0.3) is 11.6 Å². The molecule has 0 unspecified atom stereocenters. The third-order valence-corrected chi connectivity index (χ3v) is 4.29. The van der Waals surface area contributed by atoms with Crippen molar-refractivity contribution in [2.45, 2.75) is 39.2 Å². The van der Waals surface area contributed by atoms with E-state index < -0.39 is 4.92 Å². The Morgan fingerprint density at radius 2 is 2.09 bits per heavy atom. The molecule has 2 rings (SSSR count). The van der Waals surface area contributed by atoms with Crippen LogP contribution < -0.4 is 10.2 Å². The molecular weight excluding hydrogens is 282 g/mol. The van der Waals surface area contributed by atoms with Crippen molar-refractivity contribution in [3.8, 4) is 0 Å². The molecular formula is C16H24N3O3+. The Balaban J connectivity index is 1.93. The average Bonchev–Trinajstić information content (AvgIpc) is 2.49. The molecule has 0 radical (unpaired) electrons. The van der Waals surface area contributed by atoms with Crippen LogP contribution in [0.25, 0.3) is 0 Å². The minimum absolute atomic E-state index is 0.0491. The molecule has 1 amide bonds. The number of hydrogen-bond donors (Lipinski definition) is 2. The summed E-state index contributed by atoms with van der Waals surface area (Å²) in [5.41, 5.74) is 1.05. The lowest BCUT2D eigenvalue weighted by Crippen LogP contribution is -3.13. The van der Waals surface area contributed by atoms with Gasteiger partial charge in [0, 0.05) is 36.1 Å². The number of benzene rings is 1. The van der Waals surface area contributed by atoms with Crippen molar-refractivity contribution in [2.24, 2.45) is 0 Å². The number of nitrogens with one attached hydrogen (secondary N) is 2. The van der Waals surface area contributed by atoms with E-state index in [1.165, 1.54) is 25.1 Å². The Kier molecular flexibility index (Phi) is 5.49. The van der Waals surface area contributed by atoms with E-state index in [1.807, 2.05) is 0 Å². The number of aryl methyl sites for hydroxylation is 1. The molecule has 6 nitrogen and oxygen atoms in total. The Morgan fingerprint density at radius 3 is 2.64 bits per heavy atom. The van der Waals surface area contributed by atoms with Crippen LogP contribution >= 0.6 is 0 Å². The van der Waals surface area contributed by atoms with Crippen molar-refractivity contribution in [3.05, 3.63) is 39.4 Å². The van der Waals surface area contributed by atoms with Gasteiger partial charge in [0.2, 0.25) is 0 Å². The Bertz CT molecular complexity index is 552. The first-order valence-electron chi connectivity index (χ1n) is 7.90. The minimum atomic E-state index is -0.427. The van der Waals surface area contributed by atoms with E-state index in [1.54, 1.807) is 17.9 Å². The Hall–Kier alpha value is -1.95. The van der Waals surface area contributed by atoms with Gasteiger partial charge in [-0.15, -0.1) is 0 Å². The van der Waals surface area contributed by atoms with E-state index in [9.17, 15) is 14.9 Å². The largest absolute Gasteiger partial charge is 0.349 e. The number of rotatable bonds is 5. The molecule has 1 fully saturated rings. The van der Waals surface area contributed by atoms with Gasteiger partial charge in [-0.05, 0) is 25.5 Å². The third kappa shape index (κ3) is 4.04. The van der Waals surface area contributed by atoms with Crippen LogP contribution in [0.15, 0.2) is 18.2 Å². The number of quaternary nitrogens is 1.